The Morgan fingerprint density at radius 1 is 1.00 bits per heavy atom. The summed E-state index contributed by atoms with van der Waals surface area (Å²) >= 11 is 0. The Kier molecular flexibility index (Phi) is 2.58. The minimum absolute atomic E-state index is 0.0984. The third-order valence-corrected chi connectivity index (χ3v) is 2.06. The van der Waals surface area contributed by atoms with Gasteiger partial charge >= 0.3 is 0 Å². The highest BCUT2D eigenvalue weighted by molar-refractivity contribution is 6.66. The van der Waals surface area contributed by atoms with Crippen molar-refractivity contribution >= 4 is 29.6 Å². The van der Waals surface area contributed by atoms with Gasteiger partial charge in [0.1, 0.15) is 11.4 Å². The molecule has 0 fully saturated rings. The van der Waals surface area contributed by atoms with Crippen molar-refractivity contribution in [3.63, 3.8) is 0 Å². The number of carbonyl (C=O) groups excluding carboxylic acids is 1. The quantitative estimate of drug-likeness (QED) is 0.640. The Hall–Kier alpha value is -1.65. The van der Waals surface area contributed by atoms with Crippen molar-refractivity contribution in [3.8, 4) is 0 Å². The van der Waals surface area contributed by atoms with E-state index in [9.17, 15) is 4.79 Å². The molecule has 0 atom stereocenters. The molecule has 0 N–H and O–H groups in total. The van der Waals surface area contributed by atoms with Crippen molar-refractivity contribution in [1.82, 2.24) is 0 Å². The smallest absolute Gasteiger partial charge is 0.225 e. The Labute approximate surface area is 81.3 Å². The number of nitrogens with zero attached hydrogens (tertiary/aromatic N) is 4. The van der Waals surface area contributed by atoms with E-state index in [0.717, 1.165) is 12.8 Å². The van der Waals surface area contributed by atoms with Crippen molar-refractivity contribution in [3.05, 3.63) is 0 Å². The molecular formula is C9H10N4O. The first-order chi connectivity index (χ1) is 6.88. The number of ketones is 1. The molecule has 2 aliphatic rings. The summed E-state index contributed by atoms with van der Waals surface area (Å²) in [6.07, 6.45) is 6.29. The van der Waals surface area contributed by atoms with Crippen LogP contribution in [0.25, 0.3) is 0 Å². The van der Waals surface area contributed by atoms with Crippen molar-refractivity contribution in [2.45, 2.75) is 25.7 Å². The van der Waals surface area contributed by atoms with E-state index in [1.165, 1.54) is 0 Å². The lowest BCUT2D eigenvalue weighted by Crippen LogP contribution is -2.26. The summed E-state index contributed by atoms with van der Waals surface area (Å²) in [4.78, 5) is 11.7. The van der Waals surface area contributed by atoms with Gasteiger partial charge in [0.25, 0.3) is 0 Å². The van der Waals surface area contributed by atoms with Crippen LogP contribution in [0.15, 0.2) is 20.4 Å². The zero-order chi connectivity index (χ0) is 9.80. The summed E-state index contributed by atoms with van der Waals surface area (Å²) in [5.41, 5.74) is 1.01. The molecule has 0 aliphatic carbocycles. The number of hydrogen-bond acceptors (Lipinski definition) is 5. The van der Waals surface area contributed by atoms with Crippen LogP contribution in [0, 0.1) is 0 Å². The van der Waals surface area contributed by atoms with Crippen LogP contribution in [0.5, 0.6) is 0 Å². The van der Waals surface area contributed by atoms with E-state index in [1.54, 1.807) is 12.4 Å². The van der Waals surface area contributed by atoms with Crippen LogP contribution in [0.4, 0.5) is 0 Å². The van der Waals surface area contributed by atoms with E-state index in [4.69, 9.17) is 0 Å². The molecule has 0 radical (unpaired) electrons. The molecule has 2 aliphatic heterocycles. The summed E-state index contributed by atoms with van der Waals surface area (Å²) in [5.74, 6) is -0.0984. The van der Waals surface area contributed by atoms with Gasteiger partial charge in [-0.2, -0.15) is 20.4 Å². The van der Waals surface area contributed by atoms with Gasteiger partial charge in [0.15, 0.2) is 0 Å². The Bertz CT molecular complexity index is 331. The number of carbonyl (C=O) groups is 1. The molecule has 2 heterocycles. The van der Waals surface area contributed by atoms with Crippen molar-refractivity contribution in [2.75, 3.05) is 0 Å². The summed E-state index contributed by atoms with van der Waals surface area (Å²) in [6.45, 7) is 0. The van der Waals surface area contributed by atoms with Gasteiger partial charge in [-0.05, 0) is 12.8 Å². The van der Waals surface area contributed by atoms with Crippen molar-refractivity contribution < 1.29 is 4.79 Å². The molecule has 0 saturated heterocycles. The lowest BCUT2D eigenvalue weighted by atomic mass is 10.0. The Morgan fingerprint density at radius 3 is 1.86 bits per heavy atom. The van der Waals surface area contributed by atoms with Crippen LogP contribution in [0.2, 0.25) is 0 Å². The van der Waals surface area contributed by atoms with E-state index < -0.39 is 0 Å². The molecule has 0 bridgehead atoms. The normalized spacial score (nSPS) is 20.3. The Balaban J connectivity index is 2.14. The van der Waals surface area contributed by atoms with Gasteiger partial charge < -0.3 is 0 Å². The zero-order valence-corrected chi connectivity index (χ0v) is 7.68. The maximum atomic E-state index is 11.7. The number of Topliss-reactive ketones (excluding diaryl/α,β-unsaturated/α-hetero) is 1. The highest BCUT2D eigenvalue weighted by Gasteiger charge is 2.20. The molecule has 0 aromatic carbocycles. The first-order valence-electron chi connectivity index (χ1n) is 4.59. The molecule has 0 amide bonds. The summed E-state index contributed by atoms with van der Waals surface area (Å²) < 4.78 is 0. The van der Waals surface area contributed by atoms with Gasteiger partial charge in [0.05, 0.1) is 0 Å². The monoisotopic (exact) mass is 190 g/mol. The second-order valence-electron chi connectivity index (χ2n) is 3.10. The third kappa shape index (κ3) is 1.81. The van der Waals surface area contributed by atoms with E-state index in [2.05, 4.69) is 20.4 Å². The van der Waals surface area contributed by atoms with Gasteiger partial charge in [0, 0.05) is 25.3 Å². The topological polar surface area (TPSA) is 66.5 Å². The van der Waals surface area contributed by atoms with Crippen LogP contribution in [0.1, 0.15) is 25.7 Å². The highest BCUT2D eigenvalue weighted by atomic mass is 16.1. The molecule has 0 aromatic rings. The molecule has 0 aromatic heterocycles. The van der Waals surface area contributed by atoms with E-state index in [1.807, 2.05) is 0 Å². The minimum Gasteiger partial charge on any atom is -0.286 e. The molecule has 2 rings (SSSR count). The third-order valence-electron chi connectivity index (χ3n) is 2.06. The maximum Gasteiger partial charge on any atom is 0.225 e. The van der Waals surface area contributed by atoms with Gasteiger partial charge in [-0.25, -0.2) is 0 Å². The first kappa shape index (κ1) is 8.93. The molecule has 0 saturated carbocycles. The van der Waals surface area contributed by atoms with E-state index >= 15 is 0 Å². The molecule has 72 valence electrons. The molecule has 0 spiro atoms. The fraction of sp³-hybridized carbons (Fsp3) is 0.444. The Morgan fingerprint density at radius 2 is 1.50 bits per heavy atom. The predicted octanol–water partition coefficient (Wildman–Crippen LogP) is 0.997. The van der Waals surface area contributed by atoms with Gasteiger partial charge in [-0.1, -0.05) is 0 Å². The van der Waals surface area contributed by atoms with Gasteiger partial charge in [-0.3, -0.25) is 4.79 Å². The highest BCUT2D eigenvalue weighted by Crippen LogP contribution is 2.06. The zero-order valence-electron chi connectivity index (χ0n) is 7.68. The van der Waals surface area contributed by atoms with E-state index in [0.29, 0.717) is 24.3 Å². The number of rotatable bonds is 2. The lowest BCUT2D eigenvalue weighted by molar-refractivity contribution is -0.107. The molecular weight excluding hydrogens is 180 g/mol. The lowest BCUT2D eigenvalue weighted by Gasteiger charge is -2.08. The molecule has 5 heteroatoms. The largest absolute Gasteiger partial charge is 0.286 e. The van der Waals surface area contributed by atoms with Crippen LogP contribution in [-0.4, -0.2) is 29.6 Å². The van der Waals surface area contributed by atoms with E-state index in [-0.39, 0.29) is 5.78 Å². The van der Waals surface area contributed by atoms with Gasteiger partial charge in [-0.15, -0.1) is 0 Å². The second-order valence-corrected chi connectivity index (χ2v) is 3.10. The summed E-state index contributed by atoms with van der Waals surface area (Å²) in [6, 6.07) is 0. The average molecular weight is 190 g/mol. The van der Waals surface area contributed by atoms with Crippen LogP contribution in [-0.2, 0) is 4.79 Å². The van der Waals surface area contributed by atoms with Crippen molar-refractivity contribution in [2.24, 2.45) is 20.4 Å². The maximum absolute atomic E-state index is 11.7. The molecule has 5 nitrogen and oxygen atoms in total. The second kappa shape index (κ2) is 4.04. The fourth-order valence-electron chi connectivity index (χ4n) is 1.32. The average Bonchev–Trinajstić information content (AvgIpc) is 2.30. The fourth-order valence-corrected chi connectivity index (χ4v) is 1.32. The van der Waals surface area contributed by atoms with Crippen LogP contribution in [0.3, 0.4) is 0 Å². The first-order valence-corrected chi connectivity index (χ1v) is 4.59. The summed E-state index contributed by atoms with van der Waals surface area (Å²) in [5, 5.41) is 15.1. The van der Waals surface area contributed by atoms with Crippen LogP contribution < -0.4 is 0 Å². The summed E-state index contributed by atoms with van der Waals surface area (Å²) in [7, 11) is 0. The molecule has 14 heavy (non-hydrogen) atoms. The SMILES string of the molecule is O=C(C1=NN=CCC1)C1=NN=CCC1. The standard InChI is InChI=1S/C9H10N4O/c14-9(7-3-1-5-10-12-7)8-4-2-6-11-13-8/h5-6H,1-4H2. The molecule has 0 unspecified atom stereocenters. The predicted molar refractivity (Wildman–Crippen MR) is 55.3 cm³/mol. The van der Waals surface area contributed by atoms with Crippen molar-refractivity contribution in [1.29, 1.82) is 0 Å². The van der Waals surface area contributed by atoms with Crippen LogP contribution >= 0.6 is 0 Å². The number of hydrogen-bond donors (Lipinski definition) is 0. The van der Waals surface area contributed by atoms with Gasteiger partial charge in [0.2, 0.25) is 5.78 Å². The minimum atomic E-state index is -0.0984.